The molecule has 132 valence electrons. The van der Waals surface area contributed by atoms with E-state index in [2.05, 4.69) is 4.98 Å². The van der Waals surface area contributed by atoms with Crippen LogP contribution in [0.15, 0.2) is 30.6 Å². The summed E-state index contributed by atoms with van der Waals surface area (Å²) in [6.45, 7) is 0.560. The summed E-state index contributed by atoms with van der Waals surface area (Å²) >= 11 is 0. The van der Waals surface area contributed by atoms with Gasteiger partial charge in [0.25, 0.3) is 5.91 Å². The van der Waals surface area contributed by atoms with Gasteiger partial charge in [0.1, 0.15) is 5.65 Å². The van der Waals surface area contributed by atoms with Gasteiger partial charge in [0.2, 0.25) is 0 Å². The van der Waals surface area contributed by atoms with Crippen molar-refractivity contribution in [2.45, 2.75) is 12.8 Å². The number of amides is 1. The van der Waals surface area contributed by atoms with Crippen LogP contribution in [0.3, 0.4) is 0 Å². The number of rotatable bonds is 4. The number of nitrogens with zero attached hydrogens (tertiary/aromatic N) is 3. The maximum atomic E-state index is 12.2. The van der Waals surface area contributed by atoms with E-state index in [4.69, 9.17) is 9.47 Å². The molecular weight excluding hydrogens is 326 g/mol. The molecule has 0 N–H and O–H groups in total. The van der Waals surface area contributed by atoms with Crippen molar-refractivity contribution in [3.8, 4) is 0 Å². The number of imidazole rings is 1. The largest absolute Gasteiger partial charge is 0.469 e. The molecule has 1 aliphatic rings. The normalized spacial score (nSPS) is 15.2. The Hall–Kier alpha value is -2.90. The minimum Gasteiger partial charge on any atom is -0.469 e. The van der Waals surface area contributed by atoms with E-state index in [1.807, 2.05) is 12.1 Å². The first-order valence-corrected chi connectivity index (χ1v) is 8.05. The SMILES string of the molecule is COC(=O)C1CCN(C(=O)COC(=O)c2cn3ccccc3n2)CC1. The number of carbonyl (C=O) groups excluding carboxylic acids is 3. The zero-order valence-corrected chi connectivity index (χ0v) is 13.9. The minimum absolute atomic E-state index is 0.156. The maximum absolute atomic E-state index is 12.2. The summed E-state index contributed by atoms with van der Waals surface area (Å²) in [7, 11) is 1.36. The number of hydrogen-bond donors (Lipinski definition) is 0. The molecule has 25 heavy (non-hydrogen) atoms. The van der Waals surface area contributed by atoms with E-state index in [-0.39, 0.29) is 30.1 Å². The number of likely N-dealkylation sites (tertiary alicyclic amines) is 1. The Morgan fingerprint density at radius 3 is 2.68 bits per heavy atom. The molecule has 1 amide bonds. The Morgan fingerprint density at radius 2 is 2.00 bits per heavy atom. The Morgan fingerprint density at radius 1 is 1.24 bits per heavy atom. The van der Waals surface area contributed by atoms with Crippen LogP contribution in [0.1, 0.15) is 23.3 Å². The lowest BCUT2D eigenvalue weighted by Gasteiger charge is -2.30. The summed E-state index contributed by atoms with van der Waals surface area (Å²) in [4.78, 5) is 41.4. The fraction of sp³-hybridized carbons (Fsp3) is 0.412. The first-order chi connectivity index (χ1) is 12.1. The lowest BCUT2D eigenvalue weighted by Crippen LogP contribution is -2.42. The van der Waals surface area contributed by atoms with Crippen LogP contribution in [0, 0.1) is 5.92 Å². The summed E-state index contributed by atoms with van der Waals surface area (Å²) in [6.07, 6.45) is 4.44. The minimum atomic E-state index is -0.638. The molecule has 8 heteroatoms. The van der Waals surface area contributed by atoms with Crippen LogP contribution in [-0.2, 0) is 19.1 Å². The molecule has 0 saturated carbocycles. The molecule has 3 rings (SSSR count). The third-order valence-corrected chi connectivity index (χ3v) is 4.28. The molecule has 0 spiro atoms. The van der Waals surface area contributed by atoms with E-state index < -0.39 is 5.97 Å². The van der Waals surface area contributed by atoms with Crippen LogP contribution in [0.5, 0.6) is 0 Å². The average molecular weight is 345 g/mol. The molecule has 8 nitrogen and oxygen atoms in total. The summed E-state index contributed by atoms with van der Waals surface area (Å²) in [5.41, 5.74) is 0.786. The summed E-state index contributed by atoms with van der Waals surface area (Å²) < 4.78 is 11.5. The number of methoxy groups -OCH3 is 1. The van der Waals surface area contributed by atoms with E-state index in [1.165, 1.54) is 7.11 Å². The summed E-state index contributed by atoms with van der Waals surface area (Å²) in [6, 6.07) is 5.41. The van der Waals surface area contributed by atoms with Crippen LogP contribution >= 0.6 is 0 Å². The third-order valence-electron chi connectivity index (χ3n) is 4.28. The Kier molecular flexibility index (Phi) is 4.97. The van der Waals surface area contributed by atoms with E-state index in [0.29, 0.717) is 31.6 Å². The molecule has 2 aromatic rings. The van der Waals surface area contributed by atoms with Crippen molar-refractivity contribution < 1.29 is 23.9 Å². The van der Waals surface area contributed by atoms with Gasteiger partial charge in [-0.05, 0) is 25.0 Å². The number of esters is 2. The lowest BCUT2D eigenvalue weighted by molar-refractivity contribution is -0.149. The molecule has 2 aromatic heterocycles. The molecule has 1 fully saturated rings. The molecule has 0 unspecified atom stereocenters. The highest BCUT2D eigenvalue weighted by Crippen LogP contribution is 2.18. The first-order valence-electron chi connectivity index (χ1n) is 8.05. The van der Waals surface area contributed by atoms with Crippen molar-refractivity contribution in [1.82, 2.24) is 14.3 Å². The number of ether oxygens (including phenoxy) is 2. The smallest absolute Gasteiger partial charge is 0.359 e. The molecule has 0 atom stereocenters. The van der Waals surface area contributed by atoms with Crippen molar-refractivity contribution in [2.75, 3.05) is 26.8 Å². The summed E-state index contributed by atoms with van der Waals surface area (Å²) in [5.74, 6) is -1.33. The maximum Gasteiger partial charge on any atom is 0.359 e. The van der Waals surface area contributed by atoms with Gasteiger partial charge >= 0.3 is 11.9 Å². The Bertz CT molecular complexity index is 759. The topological polar surface area (TPSA) is 90.2 Å². The zero-order valence-electron chi connectivity index (χ0n) is 13.9. The van der Waals surface area contributed by atoms with Gasteiger partial charge in [-0.25, -0.2) is 9.78 Å². The number of hydrogen-bond acceptors (Lipinski definition) is 6. The molecule has 1 aliphatic heterocycles. The van der Waals surface area contributed by atoms with Gasteiger partial charge in [0, 0.05) is 25.5 Å². The van der Waals surface area contributed by atoms with Gasteiger partial charge < -0.3 is 18.8 Å². The highest BCUT2D eigenvalue weighted by molar-refractivity contribution is 5.90. The van der Waals surface area contributed by atoms with Crippen LogP contribution in [-0.4, -0.2) is 58.9 Å². The summed E-state index contributed by atoms with van der Waals surface area (Å²) in [5, 5.41) is 0. The standard InChI is InChI=1S/C17H19N3O5/c1-24-16(22)12-5-8-19(9-6-12)15(21)11-25-17(23)13-10-20-7-3-2-4-14(20)18-13/h2-4,7,10,12H,5-6,8-9,11H2,1H3. The molecule has 0 bridgehead atoms. The third kappa shape index (κ3) is 3.78. The van der Waals surface area contributed by atoms with Crippen LogP contribution in [0.2, 0.25) is 0 Å². The number of pyridine rings is 1. The lowest BCUT2D eigenvalue weighted by atomic mass is 9.97. The molecule has 0 aliphatic carbocycles. The van der Waals surface area contributed by atoms with Gasteiger partial charge in [-0.15, -0.1) is 0 Å². The van der Waals surface area contributed by atoms with E-state index >= 15 is 0 Å². The van der Waals surface area contributed by atoms with Gasteiger partial charge in [-0.1, -0.05) is 6.07 Å². The number of aromatic nitrogens is 2. The van der Waals surface area contributed by atoms with Crippen molar-refractivity contribution in [3.63, 3.8) is 0 Å². The van der Waals surface area contributed by atoms with Gasteiger partial charge in [0.05, 0.1) is 13.0 Å². The highest BCUT2D eigenvalue weighted by atomic mass is 16.5. The van der Waals surface area contributed by atoms with Crippen molar-refractivity contribution in [3.05, 3.63) is 36.3 Å². The molecule has 0 radical (unpaired) electrons. The number of fused-ring (bicyclic) bond motifs is 1. The first kappa shape index (κ1) is 16.9. The van der Waals surface area contributed by atoms with E-state index in [9.17, 15) is 14.4 Å². The van der Waals surface area contributed by atoms with Crippen LogP contribution < -0.4 is 0 Å². The van der Waals surface area contributed by atoms with Gasteiger partial charge in [-0.3, -0.25) is 9.59 Å². The quantitative estimate of drug-likeness (QED) is 0.765. The predicted octanol–water partition coefficient (Wildman–Crippen LogP) is 0.903. The van der Waals surface area contributed by atoms with Gasteiger partial charge in [-0.2, -0.15) is 0 Å². The molecule has 1 saturated heterocycles. The van der Waals surface area contributed by atoms with E-state index in [0.717, 1.165) is 0 Å². The van der Waals surface area contributed by atoms with Crippen LogP contribution in [0.4, 0.5) is 0 Å². The second-order valence-electron chi connectivity index (χ2n) is 5.85. The molecular formula is C17H19N3O5. The van der Waals surface area contributed by atoms with E-state index in [1.54, 1.807) is 27.8 Å². The molecule has 0 aromatic carbocycles. The Labute approximate surface area is 144 Å². The highest BCUT2D eigenvalue weighted by Gasteiger charge is 2.28. The predicted molar refractivity (Wildman–Crippen MR) is 86.8 cm³/mol. The Balaban J connectivity index is 1.50. The van der Waals surface area contributed by atoms with Crippen molar-refractivity contribution in [2.24, 2.45) is 5.92 Å². The van der Waals surface area contributed by atoms with Crippen molar-refractivity contribution >= 4 is 23.5 Å². The fourth-order valence-corrected chi connectivity index (χ4v) is 2.86. The van der Waals surface area contributed by atoms with Crippen LogP contribution in [0.25, 0.3) is 5.65 Å². The fourth-order valence-electron chi connectivity index (χ4n) is 2.86. The molecule has 3 heterocycles. The van der Waals surface area contributed by atoms with Gasteiger partial charge in [0.15, 0.2) is 12.3 Å². The number of piperidine rings is 1. The monoisotopic (exact) mass is 345 g/mol. The average Bonchev–Trinajstić information content (AvgIpc) is 3.09. The number of carbonyl (C=O) groups is 3. The van der Waals surface area contributed by atoms with Crippen molar-refractivity contribution in [1.29, 1.82) is 0 Å². The second-order valence-corrected chi connectivity index (χ2v) is 5.85. The zero-order chi connectivity index (χ0) is 17.8. The second kappa shape index (κ2) is 7.33.